The first-order valence-electron chi connectivity index (χ1n) is 12.7. The van der Waals surface area contributed by atoms with Gasteiger partial charge in [-0.25, -0.2) is 4.79 Å². The lowest BCUT2D eigenvalue weighted by Gasteiger charge is -2.51. The van der Waals surface area contributed by atoms with Crippen LogP contribution in [0.2, 0.25) is 0 Å². The lowest BCUT2D eigenvalue weighted by Crippen LogP contribution is -2.64. The van der Waals surface area contributed by atoms with Crippen LogP contribution in [0.5, 0.6) is 0 Å². The van der Waals surface area contributed by atoms with E-state index in [0.717, 1.165) is 0 Å². The highest BCUT2D eigenvalue weighted by atomic mass is 16.7. The summed E-state index contributed by atoms with van der Waals surface area (Å²) in [7, 11) is 0. The summed E-state index contributed by atoms with van der Waals surface area (Å²) in [6.07, 6.45) is 0.394. The monoisotopic (exact) mass is 481 g/mol. The maximum Gasteiger partial charge on any atom is 0.410 e. The van der Waals surface area contributed by atoms with Gasteiger partial charge in [0, 0.05) is 25.6 Å². The summed E-state index contributed by atoms with van der Waals surface area (Å²) in [6.45, 7) is 5.92. The van der Waals surface area contributed by atoms with Crippen molar-refractivity contribution >= 4 is 6.09 Å². The van der Waals surface area contributed by atoms with Gasteiger partial charge >= 0.3 is 6.09 Å². The van der Waals surface area contributed by atoms with Crippen LogP contribution in [0.3, 0.4) is 0 Å². The van der Waals surface area contributed by atoms with Crippen LogP contribution in [0.1, 0.15) is 50.2 Å². The Kier molecular flexibility index (Phi) is 7.12. The minimum absolute atomic E-state index is 0.0160. The molecular formula is C28H35NO6. The number of fused-ring (bicyclic) bond motifs is 5. The van der Waals surface area contributed by atoms with Crippen LogP contribution < -0.4 is 0 Å². The SMILES string of the molecule is CCOC(CC1(O)CC2COCC(C1)N2C(=O)OCC1c2ccccc2-c2ccccc21)OCC. The number of carbonyl (C=O) groups is 1. The molecule has 3 aliphatic rings. The van der Waals surface area contributed by atoms with Gasteiger partial charge in [0.1, 0.15) is 6.61 Å². The predicted molar refractivity (Wildman–Crippen MR) is 131 cm³/mol. The van der Waals surface area contributed by atoms with Crippen molar-refractivity contribution in [2.24, 2.45) is 0 Å². The fourth-order valence-electron chi connectivity index (χ4n) is 6.06. The molecule has 1 aliphatic carbocycles. The third-order valence-electron chi connectivity index (χ3n) is 7.44. The number of hydrogen-bond donors (Lipinski definition) is 1. The summed E-state index contributed by atoms with van der Waals surface area (Å²) in [4.78, 5) is 15.1. The van der Waals surface area contributed by atoms with Crippen molar-refractivity contribution in [1.82, 2.24) is 4.90 Å². The highest BCUT2D eigenvalue weighted by molar-refractivity contribution is 5.79. The highest BCUT2D eigenvalue weighted by Gasteiger charge is 2.49. The van der Waals surface area contributed by atoms with Crippen LogP contribution in [0.15, 0.2) is 48.5 Å². The summed E-state index contributed by atoms with van der Waals surface area (Å²) in [5, 5.41) is 11.4. The van der Waals surface area contributed by atoms with Crippen LogP contribution >= 0.6 is 0 Å². The molecule has 2 aliphatic heterocycles. The van der Waals surface area contributed by atoms with Gasteiger partial charge in [-0.1, -0.05) is 48.5 Å². The number of ether oxygens (including phenoxy) is 4. The average Bonchev–Trinajstić information content (AvgIpc) is 3.16. The molecule has 2 saturated heterocycles. The van der Waals surface area contributed by atoms with Gasteiger partial charge in [0.15, 0.2) is 6.29 Å². The number of piperidine rings is 1. The van der Waals surface area contributed by atoms with Gasteiger partial charge in [-0.2, -0.15) is 0 Å². The average molecular weight is 482 g/mol. The van der Waals surface area contributed by atoms with Crippen LogP contribution in [-0.4, -0.2) is 73.1 Å². The Labute approximate surface area is 206 Å². The molecule has 0 aromatic heterocycles. The topological polar surface area (TPSA) is 77.5 Å². The fourth-order valence-corrected chi connectivity index (χ4v) is 6.06. The van der Waals surface area contributed by atoms with E-state index in [-0.39, 0.29) is 30.7 Å². The molecule has 0 saturated carbocycles. The number of nitrogens with zero attached hydrogens (tertiary/aromatic N) is 1. The Balaban J connectivity index is 1.27. The molecule has 0 spiro atoms. The van der Waals surface area contributed by atoms with E-state index in [2.05, 4.69) is 24.3 Å². The zero-order valence-corrected chi connectivity index (χ0v) is 20.5. The lowest BCUT2D eigenvalue weighted by atomic mass is 9.79. The smallest absolute Gasteiger partial charge is 0.410 e. The molecule has 0 radical (unpaired) electrons. The molecule has 7 nitrogen and oxygen atoms in total. The lowest BCUT2D eigenvalue weighted by molar-refractivity contribution is -0.195. The second-order valence-electron chi connectivity index (χ2n) is 9.73. The third kappa shape index (κ3) is 4.83. The molecule has 5 rings (SSSR count). The fraction of sp³-hybridized carbons (Fsp3) is 0.536. The van der Waals surface area contributed by atoms with Gasteiger partial charge in [-0.05, 0) is 48.9 Å². The zero-order valence-electron chi connectivity index (χ0n) is 20.5. The summed E-state index contributed by atoms with van der Waals surface area (Å²) >= 11 is 0. The minimum atomic E-state index is -0.978. The first kappa shape index (κ1) is 24.3. The summed E-state index contributed by atoms with van der Waals surface area (Å²) in [6, 6.07) is 16.1. The van der Waals surface area contributed by atoms with E-state index in [4.69, 9.17) is 18.9 Å². The second kappa shape index (κ2) is 10.3. The molecule has 2 fully saturated rings. The molecule has 1 amide bonds. The van der Waals surface area contributed by atoms with Crippen molar-refractivity contribution in [3.63, 3.8) is 0 Å². The maximum atomic E-state index is 13.3. The largest absolute Gasteiger partial charge is 0.448 e. The number of aliphatic hydroxyl groups is 1. The first-order valence-corrected chi connectivity index (χ1v) is 12.7. The van der Waals surface area contributed by atoms with Crippen molar-refractivity contribution < 1.29 is 28.8 Å². The van der Waals surface area contributed by atoms with E-state index in [0.29, 0.717) is 45.7 Å². The molecule has 188 valence electrons. The molecule has 2 aromatic carbocycles. The molecule has 35 heavy (non-hydrogen) atoms. The Morgan fingerprint density at radius 2 is 1.54 bits per heavy atom. The molecule has 2 unspecified atom stereocenters. The number of amides is 1. The van der Waals surface area contributed by atoms with Crippen LogP contribution in [0, 0.1) is 0 Å². The normalized spacial score (nSPS) is 25.4. The summed E-state index contributed by atoms with van der Waals surface area (Å²) in [5.41, 5.74) is 3.81. The highest BCUT2D eigenvalue weighted by Crippen LogP contribution is 2.45. The van der Waals surface area contributed by atoms with Crippen molar-refractivity contribution in [1.29, 1.82) is 0 Å². The number of benzene rings is 2. The summed E-state index contributed by atoms with van der Waals surface area (Å²) in [5.74, 6) is 0.0160. The number of hydrogen-bond acceptors (Lipinski definition) is 6. The molecule has 2 heterocycles. The Morgan fingerprint density at radius 3 is 2.09 bits per heavy atom. The maximum absolute atomic E-state index is 13.3. The van der Waals surface area contributed by atoms with E-state index in [9.17, 15) is 9.90 Å². The van der Waals surface area contributed by atoms with Gasteiger partial charge in [0.2, 0.25) is 0 Å². The van der Waals surface area contributed by atoms with Gasteiger partial charge in [0.05, 0.1) is 30.9 Å². The van der Waals surface area contributed by atoms with Crippen molar-refractivity contribution in [2.75, 3.05) is 33.0 Å². The minimum Gasteiger partial charge on any atom is -0.448 e. The van der Waals surface area contributed by atoms with E-state index < -0.39 is 11.9 Å². The van der Waals surface area contributed by atoms with Gasteiger partial charge < -0.3 is 24.1 Å². The zero-order chi connectivity index (χ0) is 24.4. The predicted octanol–water partition coefficient (Wildman–Crippen LogP) is 4.32. The van der Waals surface area contributed by atoms with Gasteiger partial charge in [-0.15, -0.1) is 0 Å². The van der Waals surface area contributed by atoms with Crippen LogP contribution in [-0.2, 0) is 18.9 Å². The molecular weight excluding hydrogens is 446 g/mol. The van der Waals surface area contributed by atoms with E-state index in [1.807, 2.05) is 38.1 Å². The van der Waals surface area contributed by atoms with E-state index >= 15 is 0 Å². The quantitative estimate of drug-likeness (QED) is 0.566. The molecule has 2 bridgehead atoms. The van der Waals surface area contributed by atoms with E-state index in [1.165, 1.54) is 22.3 Å². The van der Waals surface area contributed by atoms with Gasteiger partial charge in [0.25, 0.3) is 0 Å². The standard InChI is InChI=1S/C28H35NO6/c1-3-33-26(34-4-2)15-28(31)13-19-16-32-17-20(14-28)29(19)27(30)35-18-25-23-11-7-5-9-21(23)22-10-6-8-12-24(22)25/h5-12,19-20,25-26,31H,3-4,13-18H2,1-2H3. The third-order valence-corrected chi connectivity index (χ3v) is 7.44. The molecule has 2 aromatic rings. The number of carbonyl (C=O) groups excluding carboxylic acids is 1. The Hall–Kier alpha value is -2.45. The second-order valence-corrected chi connectivity index (χ2v) is 9.73. The number of morpholine rings is 1. The molecule has 2 atom stereocenters. The summed E-state index contributed by atoms with van der Waals surface area (Å²) < 4.78 is 23.1. The molecule has 7 heteroatoms. The number of rotatable bonds is 8. The first-order chi connectivity index (χ1) is 17.0. The van der Waals surface area contributed by atoms with Gasteiger partial charge in [-0.3, -0.25) is 4.90 Å². The van der Waals surface area contributed by atoms with Crippen molar-refractivity contribution in [3.05, 3.63) is 59.7 Å². The van der Waals surface area contributed by atoms with Crippen molar-refractivity contribution in [2.45, 2.75) is 63.0 Å². The van der Waals surface area contributed by atoms with Crippen LogP contribution in [0.25, 0.3) is 11.1 Å². The Bertz CT molecular complexity index is 976. The van der Waals surface area contributed by atoms with Crippen molar-refractivity contribution in [3.8, 4) is 11.1 Å². The Morgan fingerprint density at radius 1 is 1.00 bits per heavy atom. The van der Waals surface area contributed by atoms with Crippen LogP contribution in [0.4, 0.5) is 4.79 Å². The van der Waals surface area contributed by atoms with E-state index in [1.54, 1.807) is 4.90 Å². The molecule has 1 N–H and O–H groups in total.